The van der Waals surface area contributed by atoms with Gasteiger partial charge in [0.2, 0.25) is 0 Å². The van der Waals surface area contributed by atoms with Gasteiger partial charge in [0.15, 0.2) is 6.29 Å². The molecule has 0 aliphatic heterocycles. The molecule has 3 N–H and O–H groups in total. The minimum atomic E-state index is 0.174. The standard InChI is InChI=1S/C6H10N2O/c1-3-6(8-2)5(7)4-9/h3-4,8H,1,7H2,2H3/b6-5-. The van der Waals surface area contributed by atoms with Gasteiger partial charge >= 0.3 is 0 Å². The van der Waals surface area contributed by atoms with Gasteiger partial charge in [0.1, 0.15) is 0 Å². The molecule has 0 heterocycles. The lowest BCUT2D eigenvalue weighted by atomic mass is 10.3. The third kappa shape index (κ3) is 1.99. The SMILES string of the molecule is C=C/C(NC)=C(/N)C=O. The van der Waals surface area contributed by atoms with E-state index in [1.54, 1.807) is 7.05 Å². The van der Waals surface area contributed by atoms with E-state index in [1.807, 2.05) is 0 Å². The Morgan fingerprint density at radius 2 is 2.33 bits per heavy atom. The van der Waals surface area contributed by atoms with Crippen molar-refractivity contribution in [2.24, 2.45) is 5.73 Å². The van der Waals surface area contributed by atoms with Crippen LogP contribution in [0.2, 0.25) is 0 Å². The second kappa shape index (κ2) is 3.72. The molecule has 0 rings (SSSR count). The third-order valence-electron chi connectivity index (χ3n) is 0.911. The molecule has 0 aromatic carbocycles. The Kier molecular flexibility index (Phi) is 3.20. The van der Waals surface area contributed by atoms with Gasteiger partial charge in [-0.25, -0.2) is 0 Å². The van der Waals surface area contributed by atoms with Crippen LogP contribution < -0.4 is 11.1 Å². The molecule has 0 aromatic rings. The van der Waals surface area contributed by atoms with Gasteiger partial charge < -0.3 is 11.1 Å². The maximum Gasteiger partial charge on any atom is 0.167 e. The Morgan fingerprint density at radius 3 is 2.44 bits per heavy atom. The predicted octanol–water partition coefficient (Wildman–Crippen LogP) is -0.239. The maximum atomic E-state index is 9.99. The van der Waals surface area contributed by atoms with E-state index < -0.39 is 0 Å². The number of likely N-dealkylation sites (N-methyl/N-ethyl adjacent to an activating group) is 1. The number of rotatable bonds is 3. The number of hydrogen-bond donors (Lipinski definition) is 2. The maximum absolute atomic E-state index is 9.99. The largest absolute Gasteiger partial charge is 0.394 e. The summed E-state index contributed by atoms with van der Waals surface area (Å²) >= 11 is 0. The van der Waals surface area contributed by atoms with Crippen LogP contribution in [0.25, 0.3) is 0 Å². The second-order valence-electron chi connectivity index (χ2n) is 1.44. The van der Waals surface area contributed by atoms with Gasteiger partial charge in [-0.3, -0.25) is 4.79 Å². The molecule has 0 aromatic heterocycles. The summed E-state index contributed by atoms with van der Waals surface area (Å²) in [5.74, 6) is 0. The van der Waals surface area contributed by atoms with E-state index >= 15 is 0 Å². The number of nitrogens with one attached hydrogen (secondary N) is 1. The summed E-state index contributed by atoms with van der Waals surface area (Å²) in [5, 5.41) is 2.71. The third-order valence-corrected chi connectivity index (χ3v) is 0.911. The quantitative estimate of drug-likeness (QED) is 0.312. The lowest BCUT2D eigenvalue weighted by molar-refractivity contribution is -0.105. The lowest BCUT2D eigenvalue weighted by Gasteiger charge is -1.99. The summed E-state index contributed by atoms with van der Waals surface area (Å²) in [6.45, 7) is 3.44. The van der Waals surface area contributed by atoms with Crippen LogP contribution in [0.4, 0.5) is 0 Å². The van der Waals surface area contributed by atoms with E-state index in [4.69, 9.17) is 5.73 Å². The summed E-state index contributed by atoms with van der Waals surface area (Å²) in [4.78, 5) is 9.99. The fraction of sp³-hybridized carbons (Fsp3) is 0.167. The van der Waals surface area contributed by atoms with Crippen LogP contribution in [0.5, 0.6) is 0 Å². The van der Waals surface area contributed by atoms with Gasteiger partial charge in [0.25, 0.3) is 0 Å². The summed E-state index contributed by atoms with van der Waals surface area (Å²) in [6.07, 6.45) is 2.07. The Labute approximate surface area is 54.2 Å². The average Bonchev–Trinajstić information content (AvgIpc) is 1.90. The highest BCUT2D eigenvalue weighted by molar-refractivity contribution is 5.73. The van der Waals surface area contributed by atoms with Crippen molar-refractivity contribution in [1.82, 2.24) is 5.32 Å². The minimum absolute atomic E-state index is 0.174. The van der Waals surface area contributed by atoms with E-state index in [-0.39, 0.29) is 5.70 Å². The monoisotopic (exact) mass is 126 g/mol. The fourth-order valence-corrected chi connectivity index (χ4v) is 0.428. The number of nitrogens with two attached hydrogens (primary N) is 1. The van der Waals surface area contributed by atoms with Gasteiger partial charge in [-0.05, 0) is 6.08 Å². The zero-order chi connectivity index (χ0) is 7.28. The van der Waals surface area contributed by atoms with Crippen LogP contribution in [0.3, 0.4) is 0 Å². The summed E-state index contributed by atoms with van der Waals surface area (Å²) in [5.41, 5.74) is 5.95. The normalized spacial score (nSPS) is 11.7. The second-order valence-corrected chi connectivity index (χ2v) is 1.44. The van der Waals surface area contributed by atoms with Crippen molar-refractivity contribution in [1.29, 1.82) is 0 Å². The molecule has 3 nitrogen and oxygen atoms in total. The molecule has 0 fully saturated rings. The van der Waals surface area contributed by atoms with Crippen LogP contribution in [-0.2, 0) is 4.79 Å². The van der Waals surface area contributed by atoms with Crippen molar-refractivity contribution in [3.8, 4) is 0 Å². The summed E-state index contributed by atoms with van der Waals surface area (Å²) in [6, 6.07) is 0. The van der Waals surface area contributed by atoms with Gasteiger partial charge in [0, 0.05) is 7.05 Å². The van der Waals surface area contributed by atoms with Gasteiger partial charge in [-0.2, -0.15) is 0 Å². The summed E-state index contributed by atoms with van der Waals surface area (Å²) < 4.78 is 0. The predicted molar refractivity (Wildman–Crippen MR) is 36.5 cm³/mol. The number of carbonyl (C=O) groups excluding carboxylic acids is 1. The molecule has 0 atom stereocenters. The zero-order valence-electron chi connectivity index (χ0n) is 5.35. The minimum Gasteiger partial charge on any atom is -0.394 e. The van der Waals surface area contributed by atoms with Crippen LogP contribution in [0.15, 0.2) is 24.0 Å². The van der Waals surface area contributed by atoms with Crippen molar-refractivity contribution in [3.05, 3.63) is 24.0 Å². The number of carbonyl (C=O) groups is 1. The first-order chi connectivity index (χ1) is 4.26. The van der Waals surface area contributed by atoms with E-state index in [0.29, 0.717) is 12.0 Å². The lowest BCUT2D eigenvalue weighted by Crippen LogP contribution is -2.12. The first-order valence-corrected chi connectivity index (χ1v) is 2.51. The van der Waals surface area contributed by atoms with E-state index in [0.717, 1.165) is 0 Å². The highest BCUT2D eigenvalue weighted by Crippen LogP contribution is 1.89. The van der Waals surface area contributed by atoms with Crippen LogP contribution >= 0.6 is 0 Å². The van der Waals surface area contributed by atoms with E-state index in [2.05, 4.69) is 11.9 Å². The smallest absolute Gasteiger partial charge is 0.167 e. The fourth-order valence-electron chi connectivity index (χ4n) is 0.428. The molecule has 0 saturated carbocycles. The van der Waals surface area contributed by atoms with Crippen molar-refractivity contribution in [3.63, 3.8) is 0 Å². The van der Waals surface area contributed by atoms with Gasteiger partial charge in [-0.15, -0.1) is 0 Å². The first-order valence-electron chi connectivity index (χ1n) is 2.51. The van der Waals surface area contributed by atoms with Crippen LogP contribution in [-0.4, -0.2) is 13.3 Å². The van der Waals surface area contributed by atoms with Crippen molar-refractivity contribution in [2.75, 3.05) is 7.05 Å². The zero-order valence-corrected chi connectivity index (χ0v) is 5.35. The molecule has 50 valence electrons. The van der Waals surface area contributed by atoms with Crippen LogP contribution in [0, 0.1) is 0 Å². The number of aldehydes is 1. The van der Waals surface area contributed by atoms with Crippen LogP contribution in [0.1, 0.15) is 0 Å². The Balaban J connectivity index is 4.36. The first kappa shape index (κ1) is 7.75. The Morgan fingerprint density at radius 1 is 1.78 bits per heavy atom. The number of allylic oxidation sites excluding steroid dienone is 2. The topological polar surface area (TPSA) is 55.1 Å². The molecule has 0 amide bonds. The molecule has 9 heavy (non-hydrogen) atoms. The molecule has 3 heteroatoms. The number of hydrogen-bond acceptors (Lipinski definition) is 3. The molecule has 0 spiro atoms. The molecular formula is C6H10N2O. The van der Waals surface area contributed by atoms with Crippen molar-refractivity contribution >= 4 is 6.29 Å². The van der Waals surface area contributed by atoms with Crippen molar-refractivity contribution in [2.45, 2.75) is 0 Å². The molecule has 0 saturated heterocycles. The molecular weight excluding hydrogens is 116 g/mol. The van der Waals surface area contributed by atoms with E-state index in [9.17, 15) is 4.79 Å². The average molecular weight is 126 g/mol. The molecule has 0 bridgehead atoms. The Bertz CT molecular complexity index is 149. The van der Waals surface area contributed by atoms with Crippen molar-refractivity contribution < 1.29 is 4.79 Å². The van der Waals surface area contributed by atoms with E-state index in [1.165, 1.54) is 6.08 Å². The van der Waals surface area contributed by atoms with Gasteiger partial charge in [-0.1, -0.05) is 6.58 Å². The molecule has 0 aliphatic rings. The molecule has 0 aliphatic carbocycles. The highest BCUT2D eigenvalue weighted by Gasteiger charge is 1.91. The summed E-state index contributed by atoms with van der Waals surface area (Å²) in [7, 11) is 1.67. The molecule has 0 radical (unpaired) electrons. The highest BCUT2D eigenvalue weighted by atomic mass is 16.1. The van der Waals surface area contributed by atoms with Gasteiger partial charge in [0.05, 0.1) is 11.4 Å². The Hall–Kier alpha value is -1.25. The molecule has 0 unspecified atom stereocenters.